The van der Waals surface area contributed by atoms with Crippen molar-refractivity contribution in [2.75, 3.05) is 0 Å². The van der Waals surface area contributed by atoms with Gasteiger partial charge in [-0.3, -0.25) is 4.79 Å². The second-order valence-electron chi connectivity index (χ2n) is 3.72. The third-order valence-electron chi connectivity index (χ3n) is 2.38. The summed E-state index contributed by atoms with van der Waals surface area (Å²) in [5.41, 5.74) is 0.524. The Morgan fingerprint density at radius 3 is 2.72 bits per heavy atom. The quantitative estimate of drug-likeness (QED) is 0.913. The predicted octanol–water partition coefficient (Wildman–Crippen LogP) is 2.56. The summed E-state index contributed by atoms with van der Waals surface area (Å²) >= 11 is 0. The molecule has 4 nitrogen and oxygen atoms in total. The molecular weight excluding hydrogens is 244 g/mol. The molecule has 0 bridgehead atoms. The number of nitrogens with zero attached hydrogens (tertiary/aromatic N) is 1. The number of benzene rings is 1. The highest BCUT2D eigenvalue weighted by Crippen LogP contribution is 2.23. The molecule has 1 aromatic carbocycles. The molecular formula is C12H9F2NO3. The zero-order valence-electron chi connectivity index (χ0n) is 9.41. The Balaban J connectivity index is 2.39. The van der Waals surface area contributed by atoms with E-state index in [1.807, 2.05) is 0 Å². The van der Waals surface area contributed by atoms with Crippen molar-refractivity contribution in [2.24, 2.45) is 0 Å². The molecule has 6 heteroatoms. The number of aliphatic carboxylic acids is 1. The summed E-state index contributed by atoms with van der Waals surface area (Å²) in [7, 11) is 0. The van der Waals surface area contributed by atoms with Crippen LogP contribution in [0.5, 0.6) is 0 Å². The Bertz CT molecular complexity index is 607. The van der Waals surface area contributed by atoms with Gasteiger partial charge in [-0.2, -0.15) is 0 Å². The third kappa shape index (κ3) is 2.37. The summed E-state index contributed by atoms with van der Waals surface area (Å²) in [6.07, 6.45) is -0.279. The van der Waals surface area contributed by atoms with Crippen LogP contribution in [0.4, 0.5) is 8.78 Å². The van der Waals surface area contributed by atoms with E-state index < -0.39 is 17.6 Å². The van der Waals surface area contributed by atoms with Gasteiger partial charge in [-0.15, -0.1) is 0 Å². The van der Waals surface area contributed by atoms with Crippen molar-refractivity contribution in [2.45, 2.75) is 13.3 Å². The van der Waals surface area contributed by atoms with Crippen LogP contribution in [0.3, 0.4) is 0 Å². The fourth-order valence-electron chi connectivity index (χ4n) is 1.49. The second-order valence-corrected chi connectivity index (χ2v) is 3.72. The smallest absolute Gasteiger partial charge is 0.309 e. The van der Waals surface area contributed by atoms with Crippen molar-refractivity contribution in [3.63, 3.8) is 0 Å². The van der Waals surface area contributed by atoms with Crippen LogP contribution in [-0.4, -0.2) is 16.1 Å². The van der Waals surface area contributed by atoms with Crippen LogP contribution in [0.1, 0.15) is 11.5 Å². The van der Waals surface area contributed by atoms with Crippen LogP contribution >= 0.6 is 0 Å². The maximum Gasteiger partial charge on any atom is 0.309 e. The molecule has 0 atom stereocenters. The normalized spacial score (nSPS) is 10.6. The van der Waals surface area contributed by atoms with Crippen LogP contribution in [0.25, 0.3) is 11.5 Å². The summed E-state index contributed by atoms with van der Waals surface area (Å²) in [6.45, 7) is 1.56. The van der Waals surface area contributed by atoms with E-state index in [1.54, 1.807) is 6.92 Å². The molecule has 0 radical (unpaired) electrons. The lowest BCUT2D eigenvalue weighted by Gasteiger charge is -1.96. The molecule has 0 aliphatic heterocycles. The number of halogens is 2. The molecule has 0 aliphatic rings. The SMILES string of the molecule is Cc1oc(-c2ccc(F)c(F)c2)nc1CC(=O)O. The van der Waals surface area contributed by atoms with Gasteiger partial charge in [0.25, 0.3) is 0 Å². The van der Waals surface area contributed by atoms with Crippen molar-refractivity contribution in [1.29, 1.82) is 0 Å². The first kappa shape index (κ1) is 12.2. The van der Waals surface area contributed by atoms with Crippen molar-refractivity contribution in [1.82, 2.24) is 4.98 Å². The Hall–Kier alpha value is -2.24. The number of aryl methyl sites for hydroxylation is 1. The van der Waals surface area contributed by atoms with E-state index in [0.29, 0.717) is 5.76 Å². The third-order valence-corrected chi connectivity index (χ3v) is 2.38. The number of rotatable bonds is 3. The van der Waals surface area contributed by atoms with Crippen LogP contribution in [-0.2, 0) is 11.2 Å². The van der Waals surface area contributed by atoms with Crippen molar-refractivity contribution < 1.29 is 23.1 Å². The monoisotopic (exact) mass is 253 g/mol. The van der Waals surface area contributed by atoms with Crippen LogP contribution < -0.4 is 0 Å². The first-order chi connectivity index (χ1) is 8.47. The lowest BCUT2D eigenvalue weighted by atomic mass is 10.2. The van der Waals surface area contributed by atoms with Gasteiger partial charge in [-0.1, -0.05) is 0 Å². The highest BCUT2D eigenvalue weighted by molar-refractivity contribution is 5.70. The highest BCUT2D eigenvalue weighted by atomic mass is 19.2. The minimum absolute atomic E-state index is 0.0719. The first-order valence-corrected chi connectivity index (χ1v) is 5.11. The summed E-state index contributed by atoms with van der Waals surface area (Å²) in [5, 5.41) is 8.66. The molecule has 0 saturated carbocycles. The molecule has 0 saturated heterocycles. The predicted molar refractivity (Wildman–Crippen MR) is 57.9 cm³/mol. The zero-order chi connectivity index (χ0) is 13.3. The number of carboxylic acids is 1. The zero-order valence-corrected chi connectivity index (χ0v) is 9.41. The molecule has 1 heterocycles. The Labute approximate surface area is 101 Å². The lowest BCUT2D eigenvalue weighted by Crippen LogP contribution is -2.01. The van der Waals surface area contributed by atoms with Gasteiger partial charge >= 0.3 is 5.97 Å². The molecule has 94 valence electrons. The Morgan fingerprint density at radius 1 is 1.39 bits per heavy atom. The van der Waals surface area contributed by atoms with Gasteiger partial charge in [0.1, 0.15) is 5.76 Å². The molecule has 1 N–H and O–H groups in total. The fourth-order valence-corrected chi connectivity index (χ4v) is 1.49. The van der Waals surface area contributed by atoms with E-state index in [-0.39, 0.29) is 23.6 Å². The first-order valence-electron chi connectivity index (χ1n) is 5.11. The average Bonchev–Trinajstić information content (AvgIpc) is 2.63. The topological polar surface area (TPSA) is 63.3 Å². The minimum Gasteiger partial charge on any atom is -0.481 e. The molecule has 18 heavy (non-hydrogen) atoms. The molecule has 0 spiro atoms. The number of hydrogen-bond acceptors (Lipinski definition) is 3. The molecule has 0 amide bonds. The Morgan fingerprint density at radius 2 is 2.11 bits per heavy atom. The molecule has 0 aliphatic carbocycles. The number of hydrogen-bond donors (Lipinski definition) is 1. The number of carboxylic acid groups (broad SMARTS) is 1. The van der Waals surface area contributed by atoms with E-state index in [0.717, 1.165) is 12.1 Å². The van der Waals surface area contributed by atoms with Gasteiger partial charge in [0.15, 0.2) is 11.6 Å². The summed E-state index contributed by atoms with van der Waals surface area (Å²) in [6, 6.07) is 3.22. The van der Waals surface area contributed by atoms with Crippen molar-refractivity contribution >= 4 is 5.97 Å². The average molecular weight is 253 g/mol. The van der Waals surface area contributed by atoms with Crippen LogP contribution in [0, 0.1) is 18.6 Å². The van der Waals surface area contributed by atoms with E-state index in [2.05, 4.69) is 4.98 Å². The molecule has 2 rings (SSSR count). The highest BCUT2D eigenvalue weighted by Gasteiger charge is 2.15. The van der Waals surface area contributed by atoms with Gasteiger partial charge in [0.05, 0.1) is 12.1 Å². The molecule has 1 aromatic heterocycles. The van der Waals surface area contributed by atoms with Gasteiger partial charge in [0, 0.05) is 5.56 Å². The maximum atomic E-state index is 13.0. The van der Waals surface area contributed by atoms with Gasteiger partial charge in [-0.05, 0) is 25.1 Å². The van der Waals surface area contributed by atoms with Gasteiger partial charge in [0.2, 0.25) is 5.89 Å². The largest absolute Gasteiger partial charge is 0.481 e. The summed E-state index contributed by atoms with van der Waals surface area (Å²) < 4.78 is 31.0. The summed E-state index contributed by atoms with van der Waals surface area (Å²) in [4.78, 5) is 14.5. The number of carbonyl (C=O) groups is 1. The Kier molecular flexibility index (Phi) is 3.10. The molecule has 0 unspecified atom stereocenters. The van der Waals surface area contributed by atoms with E-state index in [9.17, 15) is 13.6 Å². The van der Waals surface area contributed by atoms with Crippen molar-refractivity contribution in [3.8, 4) is 11.5 Å². The van der Waals surface area contributed by atoms with E-state index in [4.69, 9.17) is 9.52 Å². The second kappa shape index (κ2) is 4.56. The van der Waals surface area contributed by atoms with Gasteiger partial charge in [-0.25, -0.2) is 13.8 Å². The van der Waals surface area contributed by atoms with E-state index in [1.165, 1.54) is 6.07 Å². The van der Waals surface area contributed by atoms with E-state index >= 15 is 0 Å². The number of oxazole rings is 1. The van der Waals surface area contributed by atoms with Gasteiger partial charge < -0.3 is 9.52 Å². The maximum absolute atomic E-state index is 13.0. The summed E-state index contributed by atoms with van der Waals surface area (Å²) in [5.74, 6) is -2.60. The molecule has 0 fully saturated rings. The number of aromatic nitrogens is 1. The van der Waals surface area contributed by atoms with Crippen molar-refractivity contribution in [3.05, 3.63) is 41.3 Å². The molecule has 2 aromatic rings. The standard InChI is InChI=1S/C12H9F2NO3/c1-6-10(5-11(16)17)15-12(18-6)7-2-3-8(13)9(14)4-7/h2-4H,5H2,1H3,(H,16,17). The van der Waals surface area contributed by atoms with Crippen LogP contribution in [0.15, 0.2) is 22.6 Å². The lowest BCUT2D eigenvalue weighted by molar-refractivity contribution is -0.136. The van der Waals surface area contributed by atoms with Crippen LogP contribution in [0.2, 0.25) is 0 Å². The minimum atomic E-state index is -1.04. The fraction of sp³-hybridized carbons (Fsp3) is 0.167.